The number of aliphatic carboxylic acids is 1. The number of carboxylic acids is 1. The smallest absolute Gasteiger partial charge is 0.326 e. The number of carbonyl (C=O) groups is 2. The number of thioether (sulfide) groups is 1. The van der Waals surface area contributed by atoms with Crippen molar-refractivity contribution in [2.75, 3.05) is 13.7 Å². The van der Waals surface area contributed by atoms with Gasteiger partial charge in [0, 0.05) is 0 Å². The summed E-state index contributed by atoms with van der Waals surface area (Å²) >= 11 is 6.33. The fourth-order valence-electron chi connectivity index (χ4n) is 2.59. The number of carbonyl (C=O) groups excluding carboxylic acids is 1. The first-order valence-electron chi connectivity index (χ1n) is 8.73. The SMILES string of the molecule is CCCCOc1ccc(/C=C2/SC(=S)N([C@H](CC)C(=O)O)C2=O)cc1OC. The van der Waals surface area contributed by atoms with Crippen LogP contribution < -0.4 is 9.47 Å². The highest BCUT2D eigenvalue weighted by molar-refractivity contribution is 8.26. The minimum Gasteiger partial charge on any atom is -0.493 e. The van der Waals surface area contributed by atoms with E-state index in [9.17, 15) is 14.7 Å². The van der Waals surface area contributed by atoms with Crippen LogP contribution in [0.2, 0.25) is 0 Å². The molecule has 8 heteroatoms. The van der Waals surface area contributed by atoms with Gasteiger partial charge in [-0.1, -0.05) is 50.3 Å². The molecular formula is C19H23NO5S2. The van der Waals surface area contributed by atoms with Crippen molar-refractivity contribution in [2.45, 2.75) is 39.2 Å². The molecule has 1 atom stereocenters. The number of benzene rings is 1. The predicted octanol–water partition coefficient (Wildman–Crippen LogP) is 3.94. The molecule has 1 fully saturated rings. The molecule has 1 N–H and O–H groups in total. The number of hydrogen-bond acceptors (Lipinski definition) is 6. The highest BCUT2D eigenvalue weighted by Crippen LogP contribution is 2.36. The Balaban J connectivity index is 2.24. The molecule has 1 amide bonds. The van der Waals surface area contributed by atoms with Gasteiger partial charge in [0.25, 0.3) is 5.91 Å². The van der Waals surface area contributed by atoms with Crippen LogP contribution >= 0.6 is 24.0 Å². The summed E-state index contributed by atoms with van der Waals surface area (Å²) in [6.45, 7) is 4.41. The quantitative estimate of drug-likeness (QED) is 0.376. The molecule has 0 saturated carbocycles. The molecule has 1 aliphatic rings. The maximum Gasteiger partial charge on any atom is 0.326 e. The second kappa shape index (κ2) is 9.75. The summed E-state index contributed by atoms with van der Waals surface area (Å²) in [7, 11) is 1.56. The molecule has 1 aromatic carbocycles. The lowest BCUT2D eigenvalue weighted by atomic mass is 10.1. The van der Waals surface area contributed by atoms with Crippen molar-refractivity contribution in [3.63, 3.8) is 0 Å². The molecule has 6 nitrogen and oxygen atoms in total. The van der Waals surface area contributed by atoms with E-state index < -0.39 is 12.0 Å². The van der Waals surface area contributed by atoms with Crippen LogP contribution in [-0.2, 0) is 9.59 Å². The van der Waals surface area contributed by atoms with Crippen LogP contribution in [0.4, 0.5) is 0 Å². The van der Waals surface area contributed by atoms with Gasteiger partial charge in [-0.2, -0.15) is 0 Å². The molecule has 1 aromatic rings. The Bertz CT molecular complexity index is 762. The van der Waals surface area contributed by atoms with E-state index in [-0.39, 0.29) is 16.6 Å². The van der Waals surface area contributed by atoms with Gasteiger partial charge >= 0.3 is 5.97 Å². The summed E-state index contributed by atoms with van der Waals surface area (Å²) in [5, 5.41) is 9.32. The third kappa shape index (κ3) is 5.01. The summed E-state index contributed by atoms with van der Waals surface area (Å²) in [5.74, 6) is -0.230. The Morgan fingerprint density at radius 2 is 2.11 bits per heavy atom. The van der Waals surface area contributed by atoms with Crippen LogP contribution in [0.3, 0.4) is 0 Å². The molecule has 27 heavy (non-hydrogen) atoms. The lowest BCUT2D eigenvalue weighted by Crippen LogP contribution is -2.43. The number of thiocarbonyl (C=S) groups is 1. The molecule has 0 radical (unpaired) electrons. The number of unbranched alkanes of at least 4 members (excludes halogenated alkanes) is 1. The molecule has 1 aliphatic heterocycles. The Hall–Kier alpha value is -2.06. The Kier molecular flexibility index (Phi) is 7.67. The number of ether oxygens (including phenoxy) is 2. The lowest BCUT2D eigenvalue weighted by molar-refractivity contribution is -0.145. The van der Waals surface area contributed by atoms with Gasteiger partial charge in [0.15, 0.2) is 11.5 Å². The van der Waals surface area contributed by atoms with Crippen LogP contribution in [0, 0.1) is 0 Å². The molecule has 0 spiro atoms. The number of hydrogen-bond donors (Lipinski definition) is 1. The molecule has 1 saturated heterocycles. The summed E-state index contributed by atoms with van der Waals surface area (Å²) in [6, 6.07) is 4.45. The molecule has 2 rings (SSSR count). The third-order valence-electron chi connectivity index (χ3n) is 4.05. The first kappa shape index (κ1) is 21.2. The maximum atomic E-state index is 12.7. The molecule has 0 unspecified atom stereocenters. The Labute approximate surface area is 168 Å². The van der Waals surface area contributed by atoms with Crippen LogP contribution in [0.25, 0.3) is 6.08 Å². The van der Waals surface area contributed by atoms with Crippen molar-refractivity contribution < 1.29 is 24.2 Å². The van der Waals surface area contributed by atoms with Gasteiger partial charge in [0.05, 0.1) is 18.6 Å². The van der Waals surface area contributed by atoms with Gasteiger partial charge in [-0.15, -0.1) is 0 Å². The zero-order valence-corrected chi connectivity index (χ0v) is 17.2. The Morgan fingerprint density at radius 3 is 2.70 bits per heavy atom. The van der Waals surface area contributed by atoms with E-state index in [1.807, 2.05) is 6.07 Å². The zero-order valence-electron chi connectivity index (χ0n) is 15.6. The van der Waals surface area contributed by atoms with E-state index in [1.165, 1.54) is 4.90 Å². The summed E-state index contributed by atoms with van der Waals surface area (Å²) in [6.07, 6.45) is 3.96. The zero-order chi connectivity index (χ0) is 20.0. The van der Waals surface area contributed by atoms with Gasteiger partial charge in [-0.05, 0) is 36.6 Å². The molecule has 0 aromatic heterocycles. The second-order valence-corrected chi connectivity index (χ2v) is 7.60. The molecule has 0 aliphatic carbocycles. The van der Waals surface area contributed by atoms with Gasteiger partial charge < -0.3 is 14.6 Å². The van der Waals surface area contributed by atoms with Crippen molar-refractivity contribution in [2.24, 2.45) is 0 Å². The summed E-state index contributed by atoms with van der Waals surface area (Å²) < 4.78 is 11.3. The summed E-state index contributed by atoms with van der Waals surface area (Å²) in [4.78, 5) is 25.6. The van der Waals surface area contributed by atoms with E-state index in [2.05, 4.69) is 6.92 Å². The van der Waals surface area contributed by atoms with Crippen molar-refractivity contribution >= 4 is 46.3 Å². The number of carboxylic acid groups (broad SMARTS) is 1. The van der Waals surface area contributed by atoms with Crippen LogP contribution in [-0.4, -0.2) is 46.0 Å². The number of amides is 1. The van der Waals surface area contributed by atoms with Crippen molar-refractivity contribution in [1.29, 1.82) is 0 Å². The fraction of sp³-hybridized carbons (Fsp3) is 0.421. The number of rotatable bonds is 9. The largest absolute Gasteiger partial charge is 0.493 e. The van der Waals surface area contributed by atoms with Gasteiger partial charge in [-0.3, -0.25) is 9.69 Å². The van der Waals surface area contributed by atoms with E-state index in [1.54, 1.807) is 32.2 Å². The average molecular weight is 410 g/mol. The molecule has 146 valence electrons. The van der Waals surface area contributed by atoms with Gasteiger partial charge in [0.2, 0.25) is 0 Å². The van der Waals surface area contributed by atoms with Crippen LogP contribution in [0.1, 0.15) is 38.7 Å². The lowest BCUT2D eigenvalue weighted by Gasteiger charge is -2.21. The Morgan fingerprint density at radius 1 is 1.37 bits per heavy atom. The summed E-state index contributed by atoms with van der Waals surface area (Å²) in [5.41, 5.74) is 0.749. The van der Waals surface area contributed by atoms with E-state index in [0.29, 0.717) is 23.0 Å². The normalized spacial score (nSPS) is 16.7. The predicted molar refractivity (Wildman–Crippen MR) is 110 cm³/mol. The monoisotopic (exact) mass is 409 g/mol. The molecule has 0 bridgehead atoms. The highest BCUT2D eigenvalue weighted by Gasteiger charge is 2.39. The van der Waals surface area contributed by atoms with Crippen molar-refractivity contribution in [3.05, 3.63) is 28.7 Å². The minimum absolute atomic E-state index is 0.256. The van der Waals surface area contributed by atoms with E-state index >= 15 is 0 Å². The van der Waals surface area contributed by atoms with Crippen molar-refractivity contribution in [1.82, 2.24) is 4.90 Å². The third-order valence-corrected chi connectivity index (χ3v) is 5.38. The van der Waals surface area contributed by atoms with Gasteiger partial charge in [0.1, 0.15) is 10.4 Å². The highest BCUT2D eigenvalue weighted by atomic mass is 32.2. The second-order valence-electron chi connectivity index (χ2n) is 5.93. The van der Waals surface area contributed by atoms with Crippen LogP contribution in [0.15, 0.2) is 23.1 Å². The maximum absolute atomic E-state index is 12.7. The standard InChI is InChI=1S/C19H23NO5S2/c1-4-6-9-25-14-8-7-12(10-15(14)24-3)11-16-17(21)20(19(26)27-16)13(5-2)18(22)23/h7-8,10-11,13H,4-6,9H2,1-3H3,(H,22,23)/b16-11+/t13-/m1/s1. The van der Waals surface area contributed by atoms with E-state index in [4.69, 9.17) is 21.7 Å². The number of nitrogens with zero attached hydrogens (tertiary/aromatic N) is 1. The number of methoxy groups -OCH3 is 1. The fourth-order valence-corrected chi connectivity index (χ4v) is 3.94. The van der Waals surface area contributed by atoms with E-state index in [0.717, 1.165) is 30.2 Å². The average Bonchev–Trinajstić information content (AvgIpc) is 2.91. The minimum atomic E-state index is -1.06. The van der Waals surface area contributed by atoms with Crippen LogP contribution in [0.5, 0.6) is 11.5 Å². The van der Waals surface area contributed by atoms with Gasteiger partial charge in [-0.25, -0.2) is 4.79 Å². The molecular weight excluding hydrogens is 386 g/mol. The van der Waals surface area contributed by atoms with Crippen molar-refractivity contribution in [3.8, 4) is 11.5 Å². The topological polar surface area (TPSA) is 76.1 Å². The first-order valence-corrected chi connectivity index (χ1v) is 9.96. The first-order chi connectivity index (χ1) is 12.9. The molecule has 1 heterocycles.